The van der Waals surface area contributed by atoms with Gasteiger partial charge < -0.3 is 19.5 Å². The molecule has 21 heavy (non-hydrogen) atoms. The Labute approximate surface area is 122 Å². The number of aliphatic hydroxyl groups excluding tert-OH is 1. The number of methoxy groups -OCH3 is 1. The van der Waals surface area contributed by atoms with Gasteiger partial charge in [0.25, 0.3) is 0 Å². The minimum atomic E-state index is -0.454. The van der Waals surface area contributed by atoms with Gasteiger partial charge in [0.2, 0.25) is 0 Å². The molecule has 0 aliphatic carbocycles. The van der Waals surface area contributed by atoms with E-state index in [0.717, 1.165) is 0 Å². The van der Waals surface area contributed by atoms with Gasteiger partial charge in [-0.25, -0.2) is 9.78 Å². The van der Waals surface area contributed by atoms with Crippen LogP contribution < -0.4 is 0 Å². The number of carbonyl (C=O) groups is 1. The standard InChI is InChI=1S/C15H18N2O4/c1-9-10(2)14(19)12(6-11(9)15(20)21-3)13-7-16-8-17(13)4-5-18/h6-8,18-19H,4-5H2,1-3H3. The largest absolute Gasteiger partial charge is 0.507 e. The lowest BCUT2D eigenvalue weighted by atomic mass is 9.96. The van der Waals surface area contributed by atoms with Gasteiger partial charge in [0.15, 0.2) is 0 Å². The molecule has 0 bridgehead atoms. The molecule has 0 aliphatic rings. The van der Waals surface area contributed by atoms with Crippen molar-refractivity contribution in [2.24, 2.45) is 0 Å². The first-order chi connectivity index (χ1) is 10.0. The molecule has 0 unspecified atom stereocenters. The summed E-state index contributed by atoms with van der Waals surface area (Å²) in [7, 11) is 1.32. The summed E-state index contributed by atoms with van der Waals surface area (Å²) in [4.78, 5) is 15.9. The van der Waals surface area contributed by atoms with Crippen molar-refractivity contribution in [3.63, 3.8) is 0 Å². The van der Waals surface area contributed by atoms with Crippen LogP contribution in [0.4, 0.5) is 0 Å². The number of carbonyl (C=O) groups excluding carboxylic acids is 1. The second kappa shape index (κ2) is 5.97. The molecule has 1 aromatic heterocycles. The Kier molecular flexibility index (Phi) is 4.28. The van der Waals surface area contributed by atoms with Crippen molar-refractivity contribution in [1.29, 1.82) is 0 Å². The summed E-state index contributed by atoms with van der Waals surface area (Å²) in [6, 6.07) is 1.59. The highest BCUT2D eigenvalue weighted by molar-refractivity contribution is 5.94. The van der Waals surface area contributed by atoms with Crippen LogP contribution in [0.25, 0.3) is 11.3 Å². The van der Waals surface area contributed by atoms with Gasteiger partial charge in [0.05, 0.1) is 37.5 Å². The van der Waals surface area contributed by atoms with Crippen LogP contribution in [-0.4, -0.2) is 39.5 Å². The molecule has 0 atom stereocenters. The Bertz CT molecular complexity index is 677. The van der Waals surface area contributed by atoms with E-state index >= 15 is 0 Å². The average molecular weight is 290 g/mol. The first-order valence-electron chi connectivity index (χ1n) is 6.54. The van der Waals surface area contributed by atoms with E-state index in [4.69, 9.17) is 9.84 Å². The van der Waals surface area contributed by atoms with E-state index < -0.39 is 5.97 Å². The van der Waals surface area contributed by atoms with Crippen molar-refractivity contribution < 1.29 is 19.7 Å². The molecule has 0 fully saturated rings. The van der Waals surface area contributed by atoms with Crippen molar-refractivity contribution >= 4 is 5.97 Å². The monoisotopic (exact) mass is 290 g/mol. The molecule has 0 saturated carbocycles. The molecule has 2 N–H and O–H groups in total. The molecule has 1 aromatic carbocycles. The summed E-state index contributed by atoms with van der Waals surface area (Å²) in [5.74, 6) is -0.357. The second-order valence-electron chi connectivity index (χ2n) is 4.76. The second-order valence-corrected chi connectivity index (χ2v) is 4.76. The van der Waals surface area contributed by atoms with Crippen molar-refractivity contribution in [3.05, 3.63) is 35.3 Å². The predicted molar refractivity (Wildman–Crippen MR) is 77.2 cm³/mol. The molecular formula is C15H18N2O4. The first-order valence-corrected chi connectivity index (χ1v) is 6.54. The number of esters is 1. The number of ether oxygens (including phenoxy) is 1. The van der Waals surface area contributed by atoms with E-state index in [2.05, 4.69) is 4.98 Å². The Balaban J connectivity index is 2.66. The van der Waals surface area contributed by atoms with Crippen LogP contribution in [0.3, 0.4) is 0 Å². The van der Waals surface area contributed by atoms with E-state index in [9.17, 15) is 9.90 Å². The Morgan fingerprint density at radius 1 is 1.38 bits per heavy atom. The highest BCUT2D eigenvalue weighted by atomic mass is 16.5. The summed E-state index contributed by atoms with van der Waals surface area (Å²) in [5, 5.41) is 19.4. The van der Waals surface area contributed by atoms with Gasteiger partial charge in [-0.3, -0.25) is 0 Å². The normalized spacial score (nSPS) is 10.7. The number of aromatic nitrogens is 2. The van der Waals surface area contributed by atoms with Crippen molar-refractivity contribution in [2.45, 2.75) is 20.4 Å². The highest BCUT2D eigenvalue weighted by Crippen LogP contribution is 2.35. The number of phenolic OH excluding ortho intramolecular Hbond substituents is 1. The molecule has 0 saturated heterocycles. The molecule has 6 nitrogen and oxygen atoms in total. The fourth-order valence-corrected chi connectivity index (χ4v) is 2.25. The zero-order chi connectivity index (χ0) is 15.6. The van der Waals surface area contributed by atoms with E-state index in [1.165, 1.54) is 7.11 Å². The smallest absolute Gasteiger partial charge is 0.338 e. The van der Waals surface area contributed by atoms with E-state index in [0.29, 0.717) is 34.5 Å². The molecule has 0 amide bonds. The number of imidazole rings is 1. The quantitative estimate of drug-likeness (QED) is 0.836. The maximum absolute atomic E-state index is 11.9. The topological polar surface area (TPSA) is 84.6 Å². The molecule has 112 valence electrons. The number of nitrogens with zero attached hydrogens (tertiary/aromatic N) is 2. The Hall–Kier alpha value is -2.34. The van der Waals surface area contributed by atoms with Gasteiger partial charge in [-0.1, -0.05) is 0 Å². The van der Waals surface area contributed by atoms with Crippen LogP contribution in [0.2, 0.25) is 0 Å². The average Bonchev–Trinajstić information content (AvgIpc) is 2.93. The van der Waals surface area contributed by atoms with E-state index in [1.54, 1.807) is 37.0 Å². The van der Waals surface area contributed by atoms with Crippen LogP contribution in [0.5, 0.6) is 5.75 Å². The third-order valence-corrected chi connectivity index (χ3v) is 3.60. The minimum absolute atomic E-state index is 0.0428. The highest BCUT2D eigenvalue weighted by Gasteiger charge is 2.20. The molecular weight excluding hydrogens is 272 g/mol. The van der Waals surface area contributed by atoms with Crippen molar-refractivity contribution in [2.75, 3.05) is 13.7 Å². The van der Waals surface area contributed by atoms with Gasteiger partial charge in [-0.15, -0.1) is 0 Å². The number of aromatic hydroxyl groups is 1. The zero-order valence-corrected chi connectivity index (χ0v) is 12.3. The molecule has 0 aliphatic heterocycles. The molecule has 6 heteroatoms. The van der Waals surface area contributed by atoms with Crippen LogP contribution in [-0.2, 0) is 11.3 Å². The van der Waals surface area contributed by atoms with Gasteiger partial charge in [0, 0.05) is 12.1 Å². The molecule has 0 spiro atoms. The number of benzene rings is 1. The van der Waals surface area contributed by atoms with Gasteiger partial charge in [-0.2, -0.15) is 0 Å². The fourth-order valence-electron chi connectivity index (χ4n) is 2.25. The number of aliphatic hydroxyl groups is 1. The fraction of sp³-hybridized carbons (Fsp3) is 0.333. The number of hydrogen-bond donors (Lipinski definition) is 2. The maximum Gasteiger partial charge on any atom is 0.338 e. The SMILES string of the molecule is COC(=O)c1cc(-c2cncn2CCO)c(O)c(C)c1C. The maximum atomic E-state index is 11.9. The summed E-state index contributed by atoms with van der Waals surface area (Å²) in [5.41, 5.74) is 2.82. The van der Waals surface area contributed by atoms with Crippen molar-refractivity contribution in [1.82, 2.24) is 9.55 Å². The molecule has 0 radical (unpaired) electrons. The van der Waals surface area contributed by atoms with E-state index in [-0.39, 0.29) is 12.4 Å². The lowest BCUT2D eigenvalue weighted by Gasteiger charge is -2.15. The van der Waals surface area contributed by atoms with Crippen molar-refractivity contribution in [3.8, 4) is 17.0 Å². The number of hydrogen-bond acceptors (Lipinski definition) is 5. The third kappa shape index (κ3) is 2.62. The molecule has 2 rings (SSSR count). The van der Waals surface area contributed by atoms with Gasteiger partial charge >= 0.3 is 5.97 Å². The third-order valence-electron chi connectivity index (χ3n) is 3.60. The molecule has 1 heterocycles. The number of rotatable bonds is 4. The lowest BCUT2D eigenvalue weighted by Crippen LogP contribution is -2.07. The Morgan fingerprint density at radius 2 is 2.10 bits per heavy atom. The zero-order valence-electron chi connectivity index (χ0n) is 12.3. The van der Waals surface area contributed by atoms with Crippen LogP contribution in [0, 0.1) is 13.8 Å². The van der Waals surface area contributed by atoms with E-state index in [1.807, 2.05) is 0 Å². The summed E-state index contributed by atoms with van der Waals surface area (Å²) >= 11 is 0. The molecule has 2 aromatic rings. The predicted octanol–water partition coefficient (Wildman–Crippen LogP) is 1.65. The Morgan fingerprint density at radius 3 is 2.71 bits per heavy atom. The lowest BCUT2D eigenvalue weighted by molar-refractivity contribution is 0.0600. The van der Waals surface area contributed by atoms with Crippen LogP contribution in [0.15, 0.2) is 18.6 Å². The summed E-state index contributed by atoms with van der Waals surface area (Å²) in [6.07, 6.45) is 3.15. The summed E-state index contributed by atoms with van der Waals surface area (Å²) < 4.78 is 6.49. The number of phenols is 1. The van der Waals surface area contributed by atoms with Crippen LogP contribution >= 0.6 is 0 Å². The first kappa shape index (κ1) is 15.1. The minimum Gasteiger partial charge on any atom is -0.507 e. The summed E-state index contributed by atoms with van der Waals surface area (Å²) in [6.45, 7) is 3.82. The van der Waals surface area contributed by atoms with Gasteiger partial charge in [-0.05, 0) is 31.0 Å². The van der Waals surface area contributed by atoms with Gasteiger partial charge in [0.1, 0.15) is 5.75 Å². The van der Waals surface area contributed by atoms with Crippen LogP contribution in [0.1, 0.15) is 21.5 Å².